The lowest BCUT2D eigenvalue weighted by Gasteiger charge is -2.32. The Morgan fingerprint density at radius 3 is 2.80 bits per heavy atom. The normalized spacial score (nSPS) is 19.1. The van der Waals surface area contributed by atoms with Crippen molar-refractivity contribution in [3.63, 3.8) is 0 Å². The summed E-state index contributed by atoms with van der Waals surface area (Å²) in [7, 11) is 0. The van der Waals surface area contributed by atoms with Crippen LogP contribution in [-0.2, 0) is 0 Å². The van der Waals surface area contributed by atoms with Crippen molar-refractivity contribution < 1.29 is 9.72 Å². The second-order valence-corrected chi connectivity index (χ2v) is 8.14. The molecule has 8 nitrogen and oxygen atoms in total. The van der Waals surface area contributed by atoms with Crippen molar-refractivity contribution in [3.8, 4) is 0 Å². The summed E-state index contributed by atoms with van der Waals surface area (Å²) in [6, 6.07) is 12.9. The number of nitro benzene ring substituents is 1. The summed E-state index contributed by atoms with van der Waals surface area (Å²) in [5.41, 5.74) is 2.71. The van der Waals surface area contributed by atoms with Crippen molar-refractivity contribution in [2.24, 2.45) is 0 Å². The van der Waals surface area contributed by atoms with E-state index in [2.05, 4.69) is 10.3 Å². The molecule has 2 fully saturated rings. The van der Waals surface area contributed by atoms with Gasteiger partial charge in [-0.05, 0) is 49.9 Å². The number of nitrogens with zero attached hydrogens (tertiary/aromatic N) is 3. The second kappa shape index (κ2) is 7.44. The van der Waals surface area contributed by atoms with Crippen LogP contribution in [0, 0.1) is 10.1 Å². The third kappa shape index (κ3) is 3.60. The number of anilines is 1. The fourth-order valence-electron chi connectivity index (χ4n) is 4.12. The number of nitrogens with one attached hydrogen (secondary N) is 2. The average molecular weight is 405 g/mol. The molecule has 1 saturated heterocycles. The first-order chi connectivity index (χ1) is 14.6. The Hall–Kier alpha value is -3.42. The molecule has 2 aromatic carbocycles. The van der Waals surface area contributed by atoms with E-state index in [9.17, 15) is 14.9 Å². The third-order valence-electron chi connectivity index (χ3n) is 5.88. The maximum atomic E-state index is 13.1. The van der Waals surface area contributed by atoms with Gasteiger partial charge in [-0.1, -0.05) is 12.1 Å². The highest BCUT2D eigenvalue weighted by Crippen LogP contribution is 2.33. The Labute approximate surface area is 173 Å². The molecule has 1 unspecified atom stereocenters. The molecule has 0 radical (unpaired) electrons. The number of nitro groups is 1. The van der Waals surface area contributed by atoms with Gasteiger partial charge in [0.2, 0.25) is 0 Å². The van der Waals surface area contributed by atoms with Crippen LogP contribution in [0.2, 0.25) is 0 Å². The van der Waals surface area contributed by atoms with Crippen LogP contribution in [0.25, 0.3) is 11.0 Å². The minimum absolute atomic E-state index is 0.0430. The van der Waals surface area contributed by atoms with Gasteiger partial charge in [0, 0.05) is 36.7 Å². The van der Waals surface area contributed by atoms with Crippen molar-refractivity contribution in [2.75, 3.05) is 18.4 Å². The van der Waals surface area contributed by atoms with Gasteiger partial charge >= 0.3 is 0 Å². The van der Waals surface area contributed by atoms with E-state index in [4.69, 9.17) is 4.98 Å². The van der Waals surface area contributed by atoms with Gasteiger partial charge in [0.05, 0.1) is 16.0 Å². The van der Waals surface area contributed by atoms with Crippen molar-refractivity contribution >= 4 is 28.3 Å². The maximum Gasteiger partial charge on any atom is 0.293 e. The van der Waals surface area contributed by atoms with Crippen LogP contribution in [0.15, 0.2) is 42.5 Å². The number of rotatable bonds is 5. The topological polar surface area (TPSA) is 104 Å². The van der Waals surface area contributed by atoms with Crippen LogP contribution in [0.1, 0.15) is 47.8 Å². The minimum atomic E-state index is -0.422. The molecule has 1 aliphatic heterocycles. The second-order valence-electron chi connectivity index (χ2n) is 8.14. The van der Waals surface area contributed by atoms with Gasteiger partial charge < -0.3 is 15.2 Å². The fourth-order valence-corrected chi connectivity index (χ4v) is 4.12. The molecule has 2 aliphatic rings. The molecule has 1 saturated carbocycles. The predicted octanol–water partition coefficient (Wildman–Crippen LogP) is 4.07. The lowest BCUT2D eigenvalue weighted by atomic mass is 9.96. The highest BCUT2D eigenvalue weighted by molar-refractivity contribution is 5.96. The van der Waals surface area contributed by atoms with E-state index in [-0.39, 0.29) is 17.5 Å². The van der Waals surface area contributed by atoms with Crippen LogP contribution in [0.3, 0.4) is 0 Å². The first kappa shape index (κ1) is 18.6. The van der Waals surface area contributed by atoms with E-state index < -0.39 is 4.92 Å². The Bertz CT molecular complexity index is 1090. The van der Waals surface area contributed by atoms with Crippen molar-refractivity contribution in [1.82, 2.24) is 14.9 Å². The maximum absolute atomic E-state index is 13.1. The summed E-state index contributed by atoms with van der Waals surface area (Å²) in [4.78, 5) is 34.1. The van der Waals surface area contributed by atoms with Crippen LogP contribution in [0.4, 0.5) is 11.4 Å². The quantitative estimate of drug-likeness (QED) is 0.492. The number of benzene rings is 2. The molecular weight excluding hydrogens is 382 g/mol. The van der Waals surface area contributed by atoms with Crippen molar-refractivity contribution in [3.05, 3.63) is 64.0 Å². The zero-order valence-electron chi connectivity index (χ0n) is 16.5. The number of likely N-dealkylation sites (tertiary alicyclic amines) is 1. The predicted molar refractivity (Wildman–Crippen MR) is 114 cm³/mol. The Balaban J connectivity index is 1.36. The van der Waals surface area contributed by atoms with Crippen LogP contribution in [0.5, 0.6) is 0 Å². The SMILES string of the molecule is O=C(c1ccc(NC2CC2)c([N+](=O)[O-])c1)N1CCCC(c2nc3ccccc3[nH]2)C1. The molecule has 2 heterocycles. The zero-order valence-corrected chi connectivity index (χ0v) is 16.5. The monoisotopic (exact) mass is 405 g/mol. The number of H-pyrrole nitrogens is 1. The lowest BCUT2D eigenvalue weighted by Crippen LogP contribution is -2.39. The summed E-state index contributed by atoms with van der Waals surface area (Å²) in [6.45, 7) is 1.19. The van der Waals surface area contributed by atoms with Crippen molar-refractivity contribution in [2.45, 2.75) is 37.6 Å². The molecule has 154 valence electrons. The van der Waals surface area contributed by atoms with Crippen LogP contribution >= 0.6 is 0 Å². The number of carbonyl (C=O) groups excluding carboxylic acids is 1. The Morgan fingerprint density at radius 1 is 1.20 bits per heavy atom. The van der Waals surface area contributed by atoms with Gasteiger partial charge in [-0.25, -0.2) is 4.98 Å². The molecule has 1 amide bonds. The highest BCUT2D eigenvalue weighted by atomic mass is 16.6. The third-order valence-corrected chi connectivity index (χ3v) is 5.88. The molecule has 1 aromatic heterocycles. The van der Waals surface area contributed by atoms with E-state index >= 15 is 0 Å². The summed E-state index contributed by atoms with van der Waals surface area (Å²) in [6.07, 6.45) is 3.87. The largest absolute Gasteiger partial charge is 0.377 e. The summed E-state index contributed by atoms with van der Waals surface area (Å²) in [5.74, 6) is 0.849. The highest BCUT2D eigenvalue weighted by Gasteiger charge is 2.30. The lowest BCUT2D eigenvalue weighted by molar-refractivity contribution is -0.384. The van der Waals surface area contributed by atoms with Crippen LogP contribution in [-0.4, -0.2) is 44.8 Å². The molecule has 0 spiro atoms. The molecule has 1 aliphatic carbocycles. The number of carbonyl (C=O) groups is 1. The molecular formula is C22H23N5O3. The van der Waals surface area contributed by atoms with Crippen LogP contribution < -0.4 is 5.32 Å². The number of fused-ring (bicyclic) bond motifs is 1. The number of imidazole rings is 1. The minimum Gasteiger partial charge on any atom is -0.377 e. The van der Waals surface area contributed by atoms with Gasteiger partial charge in [-0.3, -0.25) is 14.9 Å². The number of para-hydroxylation sites is 2. The van der Waals surface area contributed by atoms with Gasteiger partial charge in [0.1, 0.15) is 11.5 Å². The van der Waals surface area contributed by atoms with Gasteiger partial charge in [0.15, 0.2) is 0 Å². The molecule has 5 rings (SSSR count). The smallest absolute Gasteiger partial charge is 0.293 e. The van der Waals surface area contributed by atoms with E-state index in [1.807, 2.05) is 24.3 Å². The molecule has 2 N–H and O–H groups in total. The zero-order chi connectivity index (χ0) is 20.7. The molecule has 30 heavy (non-hydrogen) atoms. The first-order valence-electron chi connectivity index (χ1n) is 10.4. The summed E-state index contributed by atoms with van der Waals surface area (Å²) >= 11 is 0. The standard InChI is InChI=1S/C22H23N5O3/c28-22(14-7-10-19(23-16-8-9-16)20(12-14)27(29)30)26-11-3-4-15(13-26)21-24-17-5-1-2-6-18(17)25-21/h1-2,5-7,10,12,15-16,23H,3-4,8-9,11,13H2,(H,24,25). The number of hydrogen-bond acceptors (Lipinski definition) is 5. The molecule has 8 heteroatoms. The molecule has 1 atom stereocenters. The van der Waals surface area contributed by atoms with Gasteiger partial charge in [-0.2, -0.15) is 0 Å². The first-order valence-corrected chi connectivity index (χ1v) is 10.4. The van der Waals surface area contributed by atoms with Crippen molar-refractivity contribution in [1.29, 1.82) is 0 Å². The number of aromatic amines is 1. The fraction of sp³-hybridized carbons (Fsp3) is 0.364. The summed E-state index contributed by atoms with van der Waals surface area (Å²) in [5, 5.41) is 14.7. The Kier molecular flexibility index (Phi) is 4.61. The number of amides is 1. The molecule has 3 aromatic rings. The summed E-state index contributed by atoms with van der Waals surface area (Å²) < 4.78 is 0. The van der Waals surface area contributed by atoms with Gasteiger partial charge in [-0.15, -0.1) is 0 Å². The average Bonchev–Trinajstić information content (AvgIpc) is 3.47. The Morgan fingerprint density at radius 2 is 2.03 bits per heavy atom. The van der Waals surface area contributed by atoms with E-state index in [1.54, 1.807) is 17.0 Å². The van der Waals surface area contributed by atoms with Gasteiger partial charge in [0.25, 0.3) is 11.6 Å². The van der Waals surface area contributed by atoms with E-state index in [1.165, 1.54) is 6.07 Å². The molecule has 0 bridgehead atoms. The van der Waals surface area contributed by atoms with E-state index in [0.717, 1.165) is 42.5 Å². The number of piperidine rings is 1. The number of hydrogen-bond donors (Lipinski definition) is 2. The van der Waals surface area contributed by atoms with E-state index in [0.29, 0.717) is 30.4 Å². The number of aromatic nitrogens is 2.